The zero-order chi connectivity index (χ0) is 15.0. The van der Waals surface area contributed by atoms with Gasteiger partial charge in [0.2, 0.25) is 0 Å². The number of fused-ring (bicyclic) bond motifs is 2. The van der Waals surface area contributed by atoms with E-state index in [0.29, 0.717) is 30.0 Å². The first-order valence-electron chi connectivity index (χ1n) is 7.70. The van der Waals surface area contributed by atoms with Gasteiger partial charge in [-0.3, -0.25) is 11.3 Å². The van der Waals surface area contributed by atoms with Gasteiger partial charge >= 0.3 is 0 Å². The maximum absolute atomic E-state index is 13.3. The second-order valence-electron chi connectivity index (χ2n) is 6.54. The van der Waals surface area contributed by atoms with Crippen molar-refractivity contribution in [2.45, 2.75) is 50.2 Å². The van der Waals surface area contributed by atoms with Gasteiger partial charge in [-0.25, -0.2) is 8.78 Å². The molecule has 2 aliphatic heterocycles. The third-order valence-corrected chi connectivity index (χ3v) is 5.30. The molecule has 116 valence electrons. The summed E-state index contributed by atoms with van der Waals surface area (Å²) in [6, 6.07) is 5.05. The molecule has 0 aliphatic carbocycles. The van der Waals surface area contributed by atoms with Crippen LogP contribution in [0.5, 0.6) is 0 Å². The molecule has 3 nitrogen and oxygen atoms in total. The number of halogens is 2. The number of hydrogen-bond donors (Lipinski definition) is 2. The van der Waals surface area contributed by atoms with E-state index in [1.807, 2.05) is 0 Å². The van der Waals surface area contributed by atoms with Gasteiger partial charge in [0.15, 0.2) is 0 Å². The summed E-state index contributed by atoms with van der Waals surface area (Å²) in [7, 11) is 2.20. The Hall–Kier alpha value is -1.04. The van der Waals surface area contributed by atoms with E-state index in [9.17, 15) is 8.78 Å². The lowest BCUT2D eigenvalue weighted by Gasteiger charge is -2.39. The van der Waals surface area contributed by atoms with Crippen molar-refractivity contribution in [3.05, 3.63) is 35.4 Å². The van der Waals surface area contributed by atoms with Gasteiger partial charge in [0.05, 0.1) is 0 Å². The monoisotopic (exact) mass is 295 g/mol. The number of benzene rings is 1. The average Bonchev–Trinajstić information content (AvgIpc) is 2.65. The SMILES string of the molecule is CN1C2CCC1CC(C(Cc1cc(F)cc(F)c1)NN)C2. The van der Waals surface area contributed by atoms with Crippen molar-refractivity contribution in [3.63, 3.8) is 0 Å². The topological polar surface area (TPSA) is 41.3 Å². The van der Waals surface area contributed by atoms with E-state index in [0.717, 1.165) is 18.9 Å². The van der Waals surface area contributed by atoms with Gasteiger partial charge in [0.25, 0.3) is 0 Å². The van der Waals surface area contributed by atoms with Crippen molar-refractivity contribution in [2.75, 3.05) is 7.05 Å². The molecule has 2 fully saturated rings. The molecule has 3 unspecified atom stereocenters. The van der Waals surface area contributed by atoms with E-state index in [4.69, 9.17) is 5.84 Å². The maximum Gasteiger partial charge on any atom is 0.126 e. The first-order valence-corrected chi connectivity index (χ1v) is 7.70. The van der Waals surface area contributed by atoms with Crippen LogP contribution < -0.4 is 11.3 Å². The Labute approximate surface area is 124 Å². The fourth-order valence-corrected chi connectivity index (χ4v) is 4.13. The summed E-state index contributed by atoms with van der Waals surface area (Å²) in [5, 5.41) is 0. The molecule has 3 rings (SSSR count). The molecule has 2 bridgehead atoms. The molecular weight excluding hydrogens is 272 g/mol. The van der Waals surface area contributed by atoms with Gasteiger partial charge in [-0.15, -0.1) is 0 Å². The van der Waals surface area contributed by atoms with E-state index in [2.05, 4.69) is 17.4 Å². The Morgan fingerprint density at radius 3 is 2.29 bits per heavy atom. The van der Waals surface area contributed by atoms with Gasteiger partial charge < -0.3 is 4.90 Å². The number of nitrogens with one attached hydrogen (secondary N) is 1. The molecule has 21 heavy (non-hydrogen) atoms. The Balaban J connectivity index is 1.71. The van der Waals surface area contributed by atoms with Crippen LogP contribution in [0.4, 0.5) is 8.78 Å². The van der Waals surface area contributed by atoms with Crippen LogP contribution in [0.1, 0.15) is 31.2 Å². The lowest BCUT2D eigenvalue weighted by atomic mass is 9.83. The summed E-state index contributed by atoms with van der Waals surface area (Å²) in [4.78, 5) is 2.48. The van der Waals surface area contributed by atoms with Crippen LogP contribution in [-0.2, 0) is 6.42 Å². The first kappa shape index (κ1) is 14.9. The number of nitrogens with two attached hydrogens (primary N) is 1. The molecule has 0 aromatic heterocycles. The third kappa shape index (κ3) is 3.10. The molecule has 2 heterocycles. The number of nitrogens with zero attached hydrogens (tertiary/aromatic N) is 1. The van der Waals surface area contributed by atoms with Crippen molar-refractivity contribution in [1.29, 1.82) is 0 Å². The molecule has 0 amide bonds. The summed E-state index contributed by atoms with van der Waals surface area (Å²) in [5.74, 6) is 5.14. The molecule has 2 aliphatic rings. The minimum atomic E-state index is -0.524. The van der Waals surface area contributed by atoms with Gasteiger partial charge in [0, 0.05) is 24.2 Å². The molecule has 3 N–H and O–H groups in total. The Morgan fingerprint density at radius 1 is 1.19 bits per heavy atom. The molecule has 0 saturated carbocycles. The van der Waals surface area contributed by atoms with Crippen LogP contribution in [0.2, 0.25) is 0 Å². The van der Waals surface area contributed by atoms with Crippen LogP contribution in [0.15, 0.2) is 18.2 Å². The maximum atomic E-state index is 13.3. The fourth-order valence-electron chi connectivity index (χ4n) is 4.13. The van der Waals surface area contributed by atoms with Crippen molar-refractivity contribution >= 4 is 0 Å². The predicted octanol–water partition coefficient (Wildman–Crippen LogP) is 2.21. The predicted molar refractivity (Wildman–Crippen MR) is 78.5 cm³/mol. The minimum absolute atomic E-state index is 0.0722. The van der Waals surface area contributed by atoms with E-state index in [1.54, 1.807) is 0 Å². The van der Waals surface area contributed by atoms with Gasteiger partial charge in [-0.05, 0) is 62.8 Å². The van der Waals surface area contributed by atoms with E-state index < -0.39 is 11.6 Å². The molecule has 0 radical (unpaired) electrons. The average molecular weight is 295 g/mol. The number of hydrogen-bond acceptors (Lipinski definition) is 3. The number of hydrazine groups is 1. The Kier molecular flexibility index (Phi) is 4.24. The van der Waals surface area contributed by atoms with Crippen molar-refractivity contribution < 1.29 is 8.78 Å². The van der Waals surface area contributed by atoms with Gasteiger partial charge in [-0.2, -0.15) is 0 Å². The first-order chi connectivity index (χ1) is 10.1. The number of piperidine rings is 1. The van der Waals surface area contributed by atoms with Crippen molar-refractivity contribution in [1.82, 2.24) is 10.3 Å². The van der Waals surface area contributed by atoms with Crippen molar-refractivity contribution in [3.8, 4) is 0 Å². The highest BCUT2D eigenvalue weighted by Crippen LogP contribution is 2.39. The second kappa shape index (κ2) is 5.99. The van der Waals surface area contributed by atoms with Crippen LogP contribution >= 0.6 is 0 Å². The van der Waals surface area contributed by atoms with Gasteiger partial charge in [0.1, 0.15) is 11.6 Å². The number of rotatable bonds is 4. The van der Waals surface area contributed by atoms with Crippen LogP contribution in [0, 0.1) is 17.6 Å². The summed E-state index contributed by atoms with van der Waals surface area (Å²) in [6.07, 6.45) is 5.30. The zero-order valence-corrected chi connectivity index (χ0v) is 12.4. The van der Waals surface area contributed by atoms with E-state index >= 15 is 0 Å². The minimum Gasteiger partial charge on any atom is -0.300 e. The zero-order valence-electron chi connectivity index (χ0n) is 12.4. The Bertz CT molecular complexity index is 474. The summed E-state index contributed by atoms with van der Waals surface area (Å²) in [6.45, 7) is 0. The third-order valence-electron chi connectivity index (χ3n) is 5.30. The summed E-state index contributed by atoms with van der Waals surface area (Å²) in [5.41, 5.74) is 3.55. The molecule has 1 aromatic rings. The summed E-state index contributed by atoms with van der Waals surface area (Å²) >= 11 is 0. The molecule has 3 atom stereocenters. The highest BCUT2D eigenvalue weighted by Gasteiger charge is 2.40. The lowest BCUT2D eigenvalue weighted by Crippen LogP contribution is -2.49. The van der Waals surface area contributed by atoms with Crippen LogP contribution in [0.25, 0.3) is 0 Å². The largest absolute Gasteiger partial charge is 0.300 e. The summed E-state index contributed by atoms with van der Waals surface area (Å²) < 4.78 is 26.6. The highest BCUT2D eigenvalue weighted by molar-refractivity contribution is 5.19. The van der Waals surface area contributed by atoms with E-state index in [-0.39, 0.29) is 6.04 Å². The molecular formula is C16H23F2N3. The van der Waals surface area contributed by atoms with E-state index in [1.165, 1.54) is 25.0 Å². The highest BCUT2D eigenvalue weighted by atomic mass is 19.1. The molecule has 0 spiro atoms. The quantitative estimate of drug-likeness (QED) is 0.661. The lowest BCUT2D eigenvalue weighted by molar-refractivity contribution is 0.112. The molecule has 5 heteroatoms. The van der Waals surface area contributed by atoms with Gasteiger partial charge in [-0.1, -0.05) is 0 Å². The smallest absolute Gasteiger partial charge is 0.126 e. The molecule has 1 aromatic carbocycles. The Morgan fingerprint density at radius 2 is 1.76 bits per heavy atom. The second-order valence-corrected chi connectivity index (χ2v) is 6.54. The van der Waals surface area contributed by atoms with Crippen molar-refractivity contribution in [2.24, 2.45) is 11.8 Å². The van der Waals surface area contributed by atoms with Crippen LogP contribution in [0.3, 0.4) is 0 Å². The molecule has 2 saturated heterocycles. The van der Waals surface area contributed by atoms with Crippen LogP contribution in [-0.4, -0.2) is 30.1 Å². The fraction of sp³-hybridized carbons (Fsp3) is 0.625. The standard InChI is InChI=1S/C16H23F2N3/c1-21-14-2-3-15(21)8-11(7-14)16(20-19)6-10-4-12(17)9-13(18)5-10/h4-5,9,11,14-16,20H,2-3,6-8,19H2,1H3. The normalized spacial score (nSPS) is 30.6.